The Labute approximate surface area is 209 Å². The first kappa shape index (κ1) is 23.1. The van der Waals surface area contributed by atoms with Crippen LogP contribution in [-0.2, 0) is 6.54 Å². The van der Waals surface area contributed by atoms with Gasteiger partial charge in [-0.2, -0.15) is 0 Å². The summed E-state index contributed by atoms with van der Waals surface area (Å²) in [6.45, 7) is 0.399. The molecule has 1 N–H and O–H groups in total. The van der Waals surface area contributed by atoms with Crippen molar-refractivity contribution in [1.29, 1.82) is 0 Å². The average Bonchev–Trinajstić information content (AvgIpc) is 3.49. The van der Waals surface area contributed by atoms with Gasteiger partial charge in [0.2, 0.25) is 5.76 Å². The van der Waals surface area contributed by atoms with Gasteiger partial charge < -0.3 is 14.1 Å². The summed E-state index contributed by atoms with van der Waals surface area (Å²) in [6.07, 6.45) is 3.78. The zero-order valence-corrected chi connectivity index (χ0v) is 19.6. The summed E-state index contributed by atoms with van der Waals surface area (Å²) in [5.41, 5.74) is 2.78. The van der Waals surface area contributed by atoms with E-state index in [1.807, 2.05) is 65.5 Å². The number of nitro groups is 1. The number of carbonyl (C=O) groups is 1. The maximum Gasteiger partial charge on any atom is 0.371 e. The molecule has 0 radical (unpaired) electrons. The highest BCUT2D eigenvalue weighted by atomic mass is 32.2. The third-order valence-electron chi connectivity index (χ3n) is 5.49. The number of rotatable bonds is 8. The first-order valence-corrected chi connectivity index (χ1v) is 11.7. The number of para-hydroxylation sites is 1. The van der Waals surface area contributed by atoms with E-state index in [4.69, 9.17) is 9.52 Å². The highest BCUT2D eigenvalue weighted by molar-refractivity contribution is 7.99. The molecule has 0 unspecified atom stereocenters. The molecule has 0 saturated carbocycles. The Morgan fingerprint density at radius 3 is 2.36 bits per heavy atom. The SMILES string of the molecule is O=C(O)c1ccc(Cn2cc(C=Nc3ccc(Sc4ccc([N+](=O)[O-])cc4)cc3)c3ccccc32)o1. The molecule has 0 amide bonds. The van der Waals surface area contributed by atoms with Crippen LogP contribution in [0.25, 0.3) is 10.9 Å². The minimum atomic E-state index is -1.09. The van der Waals surface area contributed by atoms with Gasteiger partial charge in [0.05, 0.1) is 17.2 Å². The van der Waals surface area contributed by atoms with Crippen LogP contribution in [0.5, 0.6) is 0 Å². The van der Waals surface area contributed by atoms with E-state index >= 15 is 0 Å². The molecule has 0 aliphatic rings. The fourth-order valence-corrected chi connectivity index (χ4v) is 4.59. The van der Waals surface area contributed by atoms with Crippen LogP contribution in [-0.4, -0.2) is 26.8 Å². The Bertz CT molecular complexity index is 1580. The molecule has 178 valence electrons. The Hall–Kier alpha value is -4.63. The zero-order chi connectivity index (χ0) is 25.1. The summed E-state index contributed by atoms with van der Waals surface area (Å²) in [5.74, 6) is -0.625. The van der Waals surface area contributed by atoms with Crippen molar-refractivity contribution in [2.24, 2.45) is 4.99 Å². The molecule has 9 heteroatoms. The quantitative estimate of drug-likeness (QED) is 0.144. The van der Waals surface area contributed by atoms with Gasteiger partial charge in [-0.15, -0.1) is 0 Å². The van der Waals surface area contributed by atoms with Crippen molar-refractivity contribution in [3.63, 3.8) is 0 Å². The highest BCUT2D eigenvalue weighted by Crippen LogP contribution is 2.30. The summed E-state index contributed by atoms with van der Waals surface area (Å²) in [7, 11) is 0. The van der Waals surface area contributed by atoms with Gasteiger partial charge in [0, 0.05) is 50.8 Å². The van der Waals surface area contributed by atoms with Crippen molar-refractivity contribution in [2.75, 3.05) is 0 Å². The lowest BCUT2D eigenvalue weighted by Gasteiger charge is -2.02. The summed E-state index contributed by atoms with van der Waals surface area (Å²) in [4.78, 5) is 28.1. The molecule has 5 aromatic rings. The molecule has 2 heterocycles. The van der Waals surface area contributed by atoms with Gasteiger partial charge in [-0.1, -0.05) is 30.0 Å². The average molecular weight is 498 g/mol. The fourth-order valence-electron chi connectivity index (χ4n) is 3.77. The summed E-state index contributed by atoms with van der Waals surface area (Å²) in [5, 5.41) is 20.9. The lowest BCUT2D eigenvalue weighted by atomic mass is 10.2. The number of aromatic carboxylic acids is 1. The molecule has 0 atom stereocenters. The number of aromatic nitrogens is 1. The number of aliphatic imine (C=N–C) groups is 1. The number of fused-ring (bicyclic) bond motifs is 1. The minimum Gasteiger partial charge on any atom is -0.475 e. The molecule has 36 heavy (non-hydrogen) atoms. The molecule has 0 spiro atoms. The van der Waals surface area contributed by atoms with E-state index in [1.165, 1.54) is 30.0 Å². The summed E-state index contributed by atoms with van der Waals surface area (Å²) in [6, 6.07) is 25.2. The van der Waals surface area contributed by atoms with Crippen LogP contribution < -0.4 is 0 Å². The van der Waals surface area contributed by atoms with Crippen LogP contribution in [0.2, 0.25) is 0 Å². The topological polar surface area (TPSA) is 111 Å². The van der Waals surface area contributed by atoms with Gasteiger partial charge in [0.25, 0.3) is 5.69 Å². The van der Waals surface area contributed by atoms with Crippen molar-refractivity contribution in [3.8, 4) is 0 Å². The third-order valence-corrected chi connectivity index (χ3v) is 6.51. The van der Waals surface area contributed by atoms with Crippen molar-refractivity contribution in [3.05, 3.63) is 118 Å². The number of hydrogen-bond acceptors (Lipinski definition) is 6. The van der Waals surface area contributed by atoms with Gasteiger partial charge in [-0.05, 0) is 54.6 Å². The molecular weight excluding hydrogens is 478 g/mol. The third kappa shape index (κ3) is 5.06. The maximum atomic E-state index is 11.1. The number of hydrogen-bond donors (Lipinski definition) is 1. The van der Waals surface area contributed by atoms with E-state index in [-0.39, 0.29) is 11.4 Å². The highest BCUT2D eigenvalue weighted by Gasteiger charge is 2.12. The molecule has 8 nitrogen and oxygen atoms in total. The van der Waals surface area contributed by atoms with Gasteiger partial charge in [0.1, 0.15) is 5.76 Å². The van der Waals surface area contributed by atoms with Gasteiger partial charge in [-0.3, -0.25) is 15.1 Å². The Morgan fingerprint density at radius 2 is 1.69 bits per heavy atom. The number of nitrogens with zero attached hydrogens (tertiary/aromatic N) is 3. The minimum absolute atomic E-state index is 0.0690. The molecule has 2 aromatic heterocycles. The smallest absolute Gasteiger partial charge is 0.371 e. The van der Waals surface area contributed by atoms with Crippen molar-refractivity contribution < 1.29 is 19.2 Å². The molecule has 0 fully saturated rings. The normalized spacial score (nSPS) is 11.3. The predicted molar refractivity (Wildman–Crippen MR) is 138 cm³/mol. The van der Waals surface area contributed by atoms with Crippen LogP contribution in [0.4, 0.5) is 11.4 Å². The lowest BCUT2D eigenvalue weighted by molar-refractivity contribution is -0.384. The maximum absolute atomic E-state index is 11.1. The molecule has 0 saturated heterocycles. The second-order valence-corrected chi connectivity index (χ2v) is 9.05. The van der Waals surface area contributed by atoms with Crippen LogP contribution in [0.15, 0.2) is 110 Å². The second-order valence-electron chi connectivity index (χ2n) is 7.91. The van der Waals surface area contributed by atoms with E-state index in [0.717, 1.165) is 31.9 Å². The van der Waals surface area contributed by atoms with E-state index in [1.54, 1.807) is 18.2 Å². The van der Waals surface area contributed by atoms with Crippen LogP contribution >= 0.6 is 11.8 Å². The number of carboxylic acid groups (broad SMARTS) is 1. The Balaban J connectivity index is 1.32. The zero-order valence-electron chi connectivity index (χ0n) is 18.8. The van der Waals surface area contributed by atoms with Gasteiger partial charge in [0.15, 0.2) is 0 Å². The number of nitro benzene ring substituents is 1. The Kier molecular flexibility index (Phi) is 6.38. The predicted octanol–water partition coefficient (Wildman–Crippen LogP) is 6.79. The number of non-ortho nitro benzene ring substituents is 1. The molecule has 0 aliphatic heterocycles. The summed E-state index contributed by atoms with van der Waals surface area (Å²) < 4.78 is 7.43. The monoisotopic (exact) mass is 497 g/mol. The van der Waals surface area contributed by atoms with Crippen molar-refractivity contribution in [2.45, 2.75) is 16.3 Å². The van der Waals surface area contributed by atoms with Crippen LogP contribution in [0.1, 0.15) is 21.9 Å². The largest absolute Gasteiger partial charge is 0.475 e. The molecule has 3 aromatic carbocycles. The van der Waals surface area contributed by atoms with E-state index < -0.39 is 10.9 Å². The van der Waals surface area contributed by atoms with E-state index in [2.05, 4.69) is 4.99 Å². The number of furan rings is 1. The molecule has 0 aliphatic carbocycles. The second kappa shape index (κ2) is 9.93. The fraction of sp³-hybridized carbons (Fsp3) is 0.0370. The van der Waals surface area contributed by atoms with Crippen molar-refractivity contribution in [1.82, 2.24) is 4.57 Å². The van der Waals surface area contributed by atoms with Crippen molar-refractivity contribution >= 4 is 46.2 Å². The van der Waals surface area contributed by atoms with Crippen LogP contribution in [0.3, 0.4) is 0 Å². The van der Waals surface area contributed by atoms with E-state index in [0.29, 0.717) is 12.3 Å². The number of benzene rings is 3. The van der Waals surface area contributed by atoms with Gasteiger partial charge >= 0.3 is 5.97 Å². The standard InChI is InChI=1S/C27H19N3O5S/c31-27(32)26-14-9-21(35-26)17-29-16-18(24-3-1-2-4-25(24)29)15-28-19-5-10-22(11-6-19)36-23-12-7-20(8-13-23)30(33)34/h1-16H,17H2,(H,31,32). The lowest BCUT2D eigenvalue weighted by Crippen LogP contribution is -1.97. The number of carboxylic acids is 1. The van der Waals surface area contributed by atoms with E-state index in [9.17, 15) is 14.9 Å². The summed E-state index contributed by atoms with van der Waals surface area (Å²) >= 11 is 1.52. The molecule has 0 bridgehead atoms. The Morgan fingerprint density at radius 1 is 1.00 bits per heavy atom. The van der Waals surface area contributed by atoms with Gasteiger partial charge in [-0.25, -0.2) is 4.79 Å². The molecular formula is C27H19N3O5S. The van der Waals surface area contributed by atoms with Crippen LogP contribution in [0, 0.1) is 10.1 Å². The first-order chi connectivity index (χ1) is 17.5. The first-order valence-electron chi connectivity index (χ1n) is 10.9. The molecule has 5 rings (SSSR count).